The first kappa shape index (κ1) is 12.9. The second kappa shape index (κ2) is 5.20. The highest BCUT2D eigenvalue weighted by Gasteiger charge is 2.11. The zero-order valence-electron chi connectivity index (χ0n) is 11.5. The summed E-state index contributed by atoms with van der Waals surface area (Å²) in [6.07, 6.45) is 4.61. The van der Waals surface area contributed by atoms with Crippen LogP contribution in [0, 0.1) is 0 Å². The molecule has 0 unspecified atom stereocenters. The SMILES string of the molecule is O=Cc1ccc(-c2csc(-c3cnn4ccccc34)n2)cc1. The first-order valence-electron chi connectivity index (χ1n) is 6.79. The summed E-state index contributed by atoms with van der Waals surface area (Å²) in [5.41, 5.74) is 4.65. The largest absolute Gasteiger partial charge is 0.298 e. The van der Waals surface area contributed by atoms with E-state index in [0.717, 1.165) is 33.6 Å². The maximum Gasteiger partial charge on any atom is 0.150 e. The lowest BCUT2D eigenvalue weighted by Crippen LogP contribution is -1.84. The van der Waals surface area contributed by atoms with Crippen LogP contribution in [0.2, 0.25) is 0 Å². The number of aromatic nitrogens is 3. The number of hydrogen-bond donors (Lipinski definition) is 0. The van der Waals surface area contributed by atoms with Gasteiger partial charge in [0, 0.05) is 22.7 Å². The third kappa shape index (κ3) is 2.12. The van der Waals surface area contributed by atoms with Crippen LogP contribution in [0.25, 0.3) is 27.3 Å². The molecule has 0 bridgehead atoms. The molecule has 5 heteroatoms. The molecular weight excluding hydrogens is 294 g/mol. The highest BCUT2D eigenvalue weighted by Crippen LogP contribution is 2.31. The molecule has 0 aliphatic rings. The predicted molar refractivity (Wildman–Crippen MR) is 87.1 cm³/mol. The molecule has 0 saturated carbocycles. The molecule has 0 fully saturated rings. The molecule has 3 heterocycles. The minimum atomic E-state index is 0.668. The maximum absolute atomic E-state index is 10.7. The second-order valence-corrected chi connectivity index (χ2v) is 5.72. The monoisotopic (exact) mass is 305 g/mol. The Bertz CT molecular complexity index is 953. The quantitative estimate of drug-likeness (QED) is 0.539. The first-order valence-corrected chi connectivity index (χ1v) is 7.67. The average Bonchev–Trinajstić information content (AvgIpc) is 3.21. The molecule has 0 aliphatic carbocycles. The van der Waals surface area contributed by atoms with Gasteiger partial charge in [0.1, 0.15) is 11.3 Å². The van der Waals surface area contributed by atoms with E-state index in [1.54, 1.807) is 23.5 Å². The van der Waals surface area contributed by atoms with Crippen molar-refractivity contribution in [2.45, 2.75) is 0 Å². The smallest absolute Gasteiger partial charge is 0.150 e. The van der Waals surface area contributed by atoms with Gasteiger partial charge in [-0.2, -0.15) is 5.10 Å². The van der Waals surface area contributed by atoms with Gasteiger partial charge in [-0.05, 0) is 12.1 Å². The Labute approximate surface area is 130 Å². The molecule has 0 N–H and O–H groups in total. The molecule has 106 valence electrons. The van der Waals surface area contributed by atoms with Crippen LogP contribution in [-0.2, 0) is 0 Å². The molecule has 22 heavy (non-hydrogen) atoms. The van der Waals surface area contributed by atoms with Crippen LogP contribution in [-0.4, -0.2) is 20.9 Å². The Morgan fingerprint density at radius 2 is 1.95 bits per heavy atom. The first-order chi connectivity index (χ1) is 10.8. The van der Waals surface area contributed by atoms with Crippen LogP contribution in [0.3, 0.4) is 0 Å². The van der Waals surface area contributed by atoms with Crippen molar-refractivity contribution in [2.75, 3.05) is 0 Å². The van der Waals surface area contributed by atoms with E-state index < -0.39 is 0 Å². The van der Waals surface area contributed by atoms with Gasteiger partial charge in [-0.15, -0.1) is 11.3 Å². The fourth-order valence-electron chi connectivity index (χ4n) is 2.36. The van der Waals surface area contributed by atoms with Gasteiger partial charge in [-0.3, -0.25) is 4.79 Å². The van der Waals surface area contributed by atoms with E-state index in [1.165, 1.54) is 0 Å². The van der Waals surface area contributed by atoms with Crippen molar-refractivity contribution >= 4 is 23.1 Å². The van der Waals surface area contributed by atoms with E-state index >= 15 is 0 Å². The fourth-order valence-corrected chi connectivity index (χ4v) is 3.21. The Morgan fingerprint density at radius 3 is 2.77 bits per heavy atom. The lowest BCUT2D eigenvalue weighted by molar-refractivity contribution is 0.112. The van der Waals surface area contributed by atoms with Gasteiger partial charge >= 0.3 is 0 Å². The number of hydrogen-bond acceptors (Lipinski definition) is 4. The Hall–Kier alpha value is -2.79. The van der Waals surface area contributed by atoms with Crippen LogP contribution >= 0.6 is 11.3 Å². The maximum atomic E-state index is 10.7. The molecule has 0 radical (unpaired) electrons. The number of pyridine rings is 1. The molecule has 0 saturated heterocycles. The van der Waals surface area contributed by atoms with Gasteiger partial charge in [0.2, 0.25) is 0 Å². The standard InChI is InChI=1S/C17H11N3OS/c21-10-12-4-6-13(7-5-12)15-11-22-17(19-15)14-9-18-20-8-2-1-3-16(14)20/h1-11H. The third-order valence-electron chi connectivity index (χ3n) is 3.50. The zero-order valence-corrected chi connectivity index (χ0v) is 12.3. The molecule has 4 aromatic rings. The predicted octanol–water partition coefficient (Wildman–Crippen LogP) is 3.94. The van der Waals surface area contributed by atoms with Gasteiger partial charge in [0.05, 0.1) is 23.0 Å². The van der Waals surface area contributed by atoms with E-state index in [4.69, 9.17) is 4.98 Å². The Morgan fingerprint density at radius 1 is 1.09 bits per heavy atom. The molecule has 4 nitrogen and oxygen atoms in total. The summed E-state index contributed by atoms with van der Waals surface area (Å²) in [7, 11) is 0. The number of rotatable bonds is 3. The number of thiazole rings is 1. The van der Waals surface area contributed by atoms with Crippen molar-refractivity contribution in [2.24, 2.45) is 0 Å². The number of carbonyl (C=O) groups is 1. The topological polar surface area (TPSA) is 47.3 Å². The van der Waals surface area contributed by atoms with Gasteiger partial charge in [-0.1, -0.05) is 30.3 Å². The van der Waals surface area contributed by atoms with E-state index in [0.29, 0.717) is 5.56 Å². The third-order valence-corrected chi connectivity index (χ3v) is 4.38. The summed E-state index contributed by atoms with van der Waals surface area (Å²) in [6, 6.07) is 13.4. The van der Waals surface area contributed by atoms with Crippen molar-refractivity contribution in [1.82, 2.24) is 14.6 Å². The molecule has 0 atom stereocenters. The van der Waals surface area contributed by atoms with Gasteiger partial charge in [0.15, 0.2) is 0 Å². The lowest BCUT2D eigenvalue weighted by atomic mass is 10.1. The van der Waals surface area contributed by atoms with E-state index in [1.807, 2.05) is 52.6 Å². The molecule has 4 rings (SSSR count). The summed E-state index contributed by atoms with van der Waals surface area (Å²) in [6.45, 7) is 0. The highest BCUT2D eigenvalue weighted by molar-refractivity contribution is 7.13. The molecule has 0 aliphatic heterocycles. The molecular formula is C17H11N3OS. The fraction of sp³-hybridized carbons (Fsp3) is 0. The summed E-state index contributed by atoms with van der Waals surface area (Å²) in [5, 5.41) is 7.31. The lowest BCUT2D eigenvalue weighted by Gasteiger charge is -1.97. The van der Waals surface area contributed by atoms with Gasteiger partial charge in [-0.25, -0.2) is 9.50 Å². The van der Waals surface area contributed by atoms with Crippen molar-refractivity contribution in [3.63, 3.8) is 0 Å². The van der Waals surface area contributed by atoms with Crippen LogP contribution in [0.5, 0.6) is 0 Å². The van der Waals surface area contributed by atoms with Crippen molar-refractivity contribution in [3.05, 3.63) is 65.8 Å². The Kier molecular flexibility index (Phi) is 3.05. The molecule has 3 aromatic heterocycles. The van der Waals surface area contributed by atoms with Gasteiger partial charge < -0.3 is 0 Å². The zero-order chi connectivity index (χ0) is 14.9. The van der Waals surface area contributed by atoms with Crippen LogP contribution < -0.4 is 0 Å². The van der Waals surface area contributed by atoms with Crippen LogP contribution in [0.1, 0.15) is 10.4 Å². The van der Waals surface area contributed by atoms with Gasteiger partial charge in [0.25, 0.3) is 0 Å². The number of fused-ring (bicyclic) bond motifs is 1. The number of benzene rings is 1. The summed E-state index contributed by atoms with van der Waals surface area (Å²) >= 11 is 1.59. The number of carbonyl (C=O) groups excluding carboxylic acids is 1. The summed E-state index contributed by atoms with van der Waals surface area (Å²) < 4.78 is 1.84. The minimum absolute atomic E-state index is 0.668. The van der Waals surface area contributed by atoms with Crippen molar-refractivity contribution in [1.29, 1.82) is 0 Å². The second-order valence-electron chi connectivity index (χ2n) is 4.87. The van der Waals surface area contributed by atoms with E-state index in [2.05, 4.69) is 5.10 Å². The molecule has 0 spiro atoms. The summed E-state index contributed by atoms with van der Waals surface area (Å²) in [4.78, 5) is 15.4. The average molecular weight is 305 g/mol. The van der Waals surface area contributed by atoms with Crippen molar-refractivity contribution < 1.29 is 4.79 Å². The highest BCUT2D eigenvalue weighted by atomic mass is 32.1. The van der Waals surface area contributed by atoms with Crippen molar-refractivity contribution in [3.8, 4) is 21.8 Å². The van der Waals surface area contributed by atoms with E-state index in [-0.39, 0.29) is 0 Å². The number of nitrogens with zero attached hydrogens (tertiary/aromatic N) is 3. The summed E-state index contributed by atoms with van der Waals surface area (Å²) in [5.74, 6) is 0. The number of aldehydes is 1. The van der Waals surface area contributed by atoms with E-state index in [9.17, 15) is 4.79 Å². The molecule has 0 amide bonds. The Balaban J connectivity index is 1.75. The van der Waals surface area contributed by atoms with Crippen LogP contribution in [0.4, 0.5) is 0 Å². The van der Waals surface area contributed by atoms with Crippen LogP contribution in [0.15, 0.2) is 60.2 Å². The molecule has 1 aromatic carbocycles. The normalized spacial score (nSPS) is 10.9. The minimum Gasteiger partial charge on any atom is -0.298 e.